The van der Waals surface area contributed by atoms with E-state index < -0.39 is 0 Å². The Labute approximate surface area is 149 Å². The van der Waals surface area contributed by atoms with E-state index in [0.717, 1.165) is 26.1 Å². The second kappa shape index (κ2) is 8.52. The second-order valence-electron chi connectivity index (χ2n) is 4.88. The lowest BCUT2D eigenvalue weighted by Crippen LogP contribution is -2.26. The summed E-state index contributed by atoms with van der Waals surface area (Å²) < 4.78 is 6.29. The van der Waals surface area contributed by atoms with E-state index in [-0.39, 0.29) is 12.5 Å². The highest BCUT2D eigenvalue weighted by Gasteiger charge is 2.02. The molecule has 0 aliphatic rings. The van der Waals surface area contributed by atoms with E-state index in [9.17, 15) is 4.79 Å². The molecule has 0 spiro atoms. The maximum absolute atomic E-state index is 11.8. The molecule has 0 radical (unpaired) electrons. The van der Waals surface area contributed by atoms with Gasteiger partial charge in [0.1, 0.15) is 5.75 Å². The number of carbonyl (C=O) groups is 1. The molecule has 0 bridgehead atoms. The van der Waals surface area contributed by atoms with Crippen LogP contribution in [0, 0.1) is 10.5 Å². The topological polar surface area (TPSA) is 62.7 Å². The predicted molar refractivity (Wildman–Crippen MR) is 101 cm³/mol. The van der Waals surface area contributed by atoms with Crippen LogP contribution in [0.3, 0.4) is 0 Å². The molecule has 5 nitrogen and oxygen atoms in total. The summed E-state index contributed by atoms with van der Waals surface area (Å²) >= 11 is 2.26. The Morgan fingerprint density at radius 3 is 2.87 bits per heavy atom. The maximum Gasteiger partial charge on any atom is 0.259 e. The third-order valence-electron chi connectivity index (χ3n) is 3.12. The van der Waals surface area contributed by atoms with E-state index in [1.54, 1.807) is 13.3 Å². The van der Waals surface area contributed by atoms with Crippen molar-refractivity contribution in [3.05, 3.63) is 57.2 Å². The Morgan fingerprint density at radius 1 is 1.30 bits per heavy atom. The number of nitrogens with zero attached hydrogens (tertiary/aromatic N) is 1. The molecule has 0 fully saturated rings. The van der Waals surface area contributed by atoms with Crippen molar-refractivity contribution < 1.29 is 9.53 Å². The third-order valence-corrected chi connectivity index (χ3v) is 3.80. The van der Waals surface area contributed by atoms with Gasteiger partial charge < -0.3 is 10.1 Å². The largest absolute Gasteiger partial charge is 0.497 e. The predicted octanol–water partition coefficient (Wildman–Crippen LogP) is 3.17. The molecule has 2 aromatic rings. The monoisotopic (exact) mass is 423 g/mol. The SMILES string of the molecule is COc1cccc(/C=N/NC(=O)CNc2ccc(I)cc2C)c1. The first-order valence-corrected chi connectivity index (χ1v) is 8.12. The summed E-state index contributed by atoms with van der Waals surface area (Å²) in [5.74, 6) is 0.540. The first-order valence-electron chi connectivity index (χ1n) is 7.04. The minimum Gasteiger partial charge on any atom is -0.497 e. The van der Waals surface area contributed by atoms with Crippen LogP contribution in [0.4, 0.5) is 5.69 Å². The first-order chi connectivity index (χ1) is 11.1. The zero-order chi connectivity index (χ0) is 16.7. The van der Waals surface area contributed by atoms with Crippen LogP contribution in [0.5, 0.6) is 5.75 Å². The van der Waals surface area contributed by atoms with Crippen LogP contribution in [-0.4, -0.2) is 25.8 Å². The van der Waals surface area contributed by atoms with Crippen molar-refractivity contribution in [3.8, 4) is 5.75 Å². The number of hydrogen-bond acceptors (Lipinski definition) is 4. The molecule has 0 aliphatic heterocycles. The zero-order valence-electron chi connectivity index (χ0n) is 13.0. The molecule has 120 valence electrons. The molecule has 0 saturated carbocycles. The summed E-state index contributed by atoms with van der Waals surface area (Å²) in [5, 5.41) is 7.04. The molecule has 2 rings (SSSR count). The van der Waals surface area contributed by atoms with Crippen molar-refractivity contribution in [1.82, 2.24) is 5.43 Å². The number of hydrogen-bond donors (Lipinski definition) is 2. The molecule has 0 aliphatic carbocycles. The molecule has 6 heteroatoms. The molecule has 0 atom stereocenters. The highest BCUT2D eigenvalue weighted by Crippen LogP contribution is 2.17. The van der Waals surface area contributed by atoms with E-state index in [2.05, 4.69) is 44.5 Å². The van der Waals surface area contributed by atoms with Gasteiger partial charge in [-0.15, -0.1) is 0 Å². The first kappa shape index (κ1) is 17.3. The number of anilines is 1. The number of hydrazone groups is 1. The Hall–Kier alpha value is -2.09. The molecule has 23 heavy (non-hydrogen) atoms. The fourth-order valence-corrected chi connectivity index (χ4v) is 2.59. The van der Waals surface area contributed by atoms with Crippen LogP contribution in [0.1, 0.15) is 11.1 Å². The number of ether oxygens (including phenoxy) is 1. The van der Waals surface area contributed by atoms with Gasteiger partial charge in [0, 0.05) is 9.26 Å². The fourth-order valence-electron chi connectivity index (χ4n) is 1.94. The maximum atomic E-state index is 11.8. The summed E-state index contributed by atoms with van der Waals surface area (Å²) in [6, 6.07) is 13.4. The number of aryl methyl sites for hydroxylation is 1. The van der Waals surface area contributed by atoms with Crippen LogP contribution in [0.2, 0.25) is 0 Å². The summed E-state index contributed by atoms with van der Waals surface area (Å²) in [5.41, 5.74) is 5.39. The number of halogens is 1. The lowest BCUT2D eigenvalue weighted by atomic mass is 10.2. The number of carbonyl (C=O) groups excluding carboxylic acids is 1. The Balaban J connectivity index is 1.83. The highest BCUT2D eigenvalue weighted by molar-refractivity contribution is 14.1. The van der Waals surface area contributed by atoms with Crippen molar-refractivity contribution in [1.29, 1.82) is 0 Å². The van der Waals surface area contributed by atoms with Crippen molar-refractivity contribution >= 4 is 40.4 Å². The number of methoxy groups -OCH3 is 1. The quantitative estimate of drug-likeness (QED) is 0.426. The average molecular weight is 423 g/mol. The Kier molecular flexibility index (Phi) is 6.40. The van der Waals surface area contributed by atoms with Gasteiger partial charge in [0.15, 0.2) is 0 Å². The molecule has 0 heterocycles. The molecule has 0 aromatic heterocycles. The molecule has 0 unspecified atom stereocenters. The molecule has 0 saturated heterocycles. The average Bonchev–Trinajstić information content (AvgIpc) is 2.54. The van der Waals surface area contributed by atoms with E-state index in [0.29, 0.717) is 0 Å². The fraction of sp³-hybridized carbons (Fsp3) is 0.176. The van der Waals surface area contributed by atoms with Gasteiger partial charge >= 0.3 is 0 Å². The number of benzene rings is 2. The van der Waals surface area contributed by atoms with Gasteiger partial charge in [-0.2, -0.15) is 5.10 Å². The van der Waals surface area contributed by atoms with Crippen LogP contribution < -0.4 is 15.5 Å². The summed E-state index contributed by atoms with van der Waals surface area (Å²) in [7, 11) is 1.61. The molecular weight excluding hydrogens is 405 g/mol. The summed E-state index contributed by atoms with van der Waals surface area (Å²) in [6.45, 7) is 2.17. The molecular formula is C17H18IN3O2. The Morgan fingerprint density at radius 2 is 2.13 bits per heavy atom. The summed E-state index contributed by atoms with van der Waals surface area (Å²) in [6.07, 6.45) is 1.58. The van der Waals surface area contributed by atoms with E-state index >= 15 is 0 Å². The number of rotatable bonds is 6. The molecule has 1 amide bonds. The van der Waals surface area contributed by atoms with Crippen molar-refractivity contribution in [2.45, 2.75) is 6.92 Å². The number of amides is 1. The molecule has 2 aromatic carbocycles. The van der Waals surface area contributed by atoms with E-state index in [1.807, 2.05) is 43.3 Å². The van der Waals surface area contributed by atoms with Crippen LogP contribution >= 0.6 is 22.6 Å². The second-order valence-corrected chi connectivity index (χ2v) is 6.13. The number of nitrogens with one attached hydrogen (secondary N) is 2. The minimum atomic E-state index is -0.206. The third kappa shape index (κ3) is 5.55. The smallest absolute Gasteiger partial charge is 0.259 e. The normalized spacial score (nSPS) is 10.6. The summed E-state index contributed by atoms with van der Waals surface area (Å²) in [4.78, 5) is 11.8. The standard InChI is InChI=1S/C17H18IN3O2/c1-12-8-14(18)6-7-16(12)19-11-17(22)21-20-10-13-4-3-5-15(9-13)23-2/h3-10,19H,11H2,1-2H3,(H,21,22)/b20-10+. The van der Waals surface area contributed by atoms with Crippen molar-refractivity contribution in [3.63, 3.8) is 0 Å². The van der Waals surface area contributed by atoms with Gasteiger partial charge in [-0.3, -0.25) is 4.79 Å². The Bertz CT molecular complexity index is 717. The zero-order valence-corrected chi connectivity index (χ0v) is 15.1. The van der Waals surface area contributed by atoms with Crippen molar-refractivity contribution in [2.75, 3.05) is 19.0 Å². The highest BCUT2D eigenvalue weighted by atomic mass is 127. The van der Waals surface area contributed by atoms with Crippen molar-refractivity contribution in [2.24, 2.45) is 5.10 Å². The minimum absolute atomic E-state index is 0.164. The van der Waals surface area contributed by atoms with Crippen LogP contribution in [-0.2, 0) is 4.79 Å². The van der Waals surface area contributed by atoms with Gasteiger partial charge in [0.2, 0.25) is 0 Å². The van der Waals surface area contributed by atoms with Gasteiger partial charge in [-0.25, -0.2) is 5.43 Å². The van der Waals surface area contributed by atoms with E-state index in [4.69, 9.17) is 4.74 Å². The van der Waals surface area contributed by atoms with Crippen LogP contribution in [0.25, 0.3) is 0 Å². The van der Waals surface area contributed by atoms with E-state index in [1.165, 1.54) is 0 Å². The lowest BCUT2D eigenvalue weighted by molar-refractivity contribution is -0.119. The lowest BCUT2D eigenvalue weighted by Gasteiger charge is -2.08. The van der Waals surface area contributed by atoms with Gasteiger partial charge in [-0.05, 0) is 71.0 Å². The van der Waals surface area contributed by atoms with Gasteiger partial charge in [0.05, 0.1) is 19.9 Å². The van der Waals surface area contributed by atoms with Crippen LogP contribution in [0.15, 0.2) is 47.6 Å². The van der Waals surface area contributed by atoms with Gasteiger partial charge in [-0.1, -0.05) is 12.1 Å². The van der Waals surface area contributed by atoms with Gasteiger partial charge in [0.25, 0.3) is 5.91 Å². The molecule has 2 N–H and O–H groups in total.